The Labute approximate surface area is 100 Å². The first-order chi connectivity index (χ1) is 7.53. The summed E-state index contributed by atoms with van der Waals surface area (Å²) < 4.78 is 0. The molecule has 3 heteroatoms. The molecule has 2 N–H and O–H groups in total. The molecule has 1 saturated heterocycles. The van der Waals surface area contributed by atoms with Gasteiger partial charge in [-0.1, -0.05) is 13.3 Å². The van der Waals surface area contributed by atoms with Gasteiger partial charge in [-0.2, -0.15) is 0 Å². The molecule has 3 nitrogen and oxygen atoms in total. The van der Waals surface area contributed by atoms with Crippen LogP contribution in [0.2, 0.25) is 0 Å². The van der Waals surface area contributed by atoms with Crippen molar-refractivity contribution in [1.82, 2.24) is 10.2 Å². The largest absolute Gasteiger partial charge is 0.389 e. The maximum Gasteiger partial charge on any atom is 0.0743 e. The van der Waals surface area contributed by atoms with Gasteiger partial charge < -0.3 is 15.3 Å². The lowest BCUT2D eigenvalue weighted by Crippen LogP contribution is -2.42. The van der Waals surface area contributed by atoms with E-state index < -0.39 is 5.60 Å². The van der Waals surface area contributed by atoms with Crippen molar-refractivity contribution in [2.75, 3.05) is 26.7 Å². The van der Waals surface area contributed by atoms with Crippen LogP contribution < -0.4 is 5.32 Å². The van der Waals surface area contributed by atoms with E-state index in [-0.39, 0.29) is 0 Å². The molecule has 2 unspecified atom stereocenters. The summed E-state index contributed by atoms with van der Waals surface area (Å²) in [5.74, 6) is 0. The van der Waals surface area contributed by atoms with E-state index in [0.717, 1.165) is 19.4 Å². The minimum Gasteiger partial charge on any atom is -0.389 e. The van der Waals surface area contributed by atoms with Crippen molar-refractivity contribution in [3.05, 3.63) is 0 Å². The zero-order valence-electron chi connectivity index (χ0n) is 11.1. The summed E-state index contributed by atoms with van der Waals surface area (Å²) in [6.45, 7) is 7.17. The second-order valence-corrected chi connectivity index (χ2v) is 5.56. The Kier molecular flexibility index (Phi) is 5.73. The lowest BCUT2D eigenvalue weighted by Gasteiger charge is -2.26. The molecule has 1 aliphatic heterocycles. The molecule has 0 aromatic heterocycles. The van der Waals surface area contributed by atoms with Gasteiger partial charge in [0.05, 0.1) is 5.60 Å². The molecule has 16 heavy (non-hydrogen) atoms. The minimum absolute atomic E-state index is 0.535. The second kappa shape index (κ2) is 6.58. The summed E-state index contributed by atoms with van der Waals surface area (Å²) in [5, 5.41) is 13.6. The van der Waals surface area contributed by atoms with Crippen LogP contribution in [0.25, 0.3) is 0 Å². The molecule has 0 aromatic rings. The van der Waals surface area contributed by atoms with Crippen LogP contribution in [0.5, 0.6) is 0 Å². The van der Waals surface area contributed by atoms with Gasteiger partial charge in [0, 0.05) is 12.6 Å². The van der Waals surface area contributed by atoms with E-state index in [9.17, 15) is 5.11 Å². The lowest BCUT2D eigenvalue weighted by atomic mass is 9.99. The number of aliphatic hydroxyl groups is 1. The standard InChI is InChI=1S/C13H28N2O/c1-4-8-13(2,16)11-14-12-6-5-9-15(3)10-7-12/h12,14,16H,4-11H2,1-3H3. The third-order valence-corrected chi connectivity index (χ3v) is 3.51. The maximum atomic E-state index is 10.1. The highest BCUT2D eigenvalue weighted by Gasteiger charge is 2.21. The predicted octanol–water partition coefficient (Wildman–Crippen LogP) is 1.61. The van der Waals surface area contributed by atoms with Crippen LogP contribution in [-0.2, 0) is 0 Å². The van der Waals surface area contributed by atoms with Gasteiger partial charge in [0.15, 0.2) is 0 Å². The van der Waals surface area contributed by atoms with Gasteiger partial charge >= 0.3 is 0 Å². The molecule has 0 aromatic carbocycles. The van der Waals surface area contributed by atoms with Crippen LogP contribution in [0.1, 0.15) is 46.0 Å². The van der Waals surface area contributed by atoms with Crippen LogP contribution in [0.4, 0.5) is 0 Å². The second-order valence-electron chi connectivity index (χ2n) is 5.56. The number of hydrogen-bond acceptors (Lipinski definition) is 3. The molecule has 1 rings (SSSR count). The van der Waals surface area contributed by atoms with Crippen molar-refractivity contribution < 1.29 is 5.11 Å². The highest BCUT2D eigenvalue weighted by Crippen LogP contribution is 2.13. The van der Waals surface area contributed by atoms with Crippen molar-refractivity contribution in [3.63, 3.8) is 0 Å². The van der Waals surface area contributed by atoms with Crippen LogP contribution >= 0.6 is 0 Å². The molecule has 1 fully saturated rings. The third-order valence-electron chi connectivity index (χ3n) is 3.51. The Morgan fingerprint density at radius 2 is 2.12 bits per heavy atom. The van der Waals surface area contributed by atoms with E-state index in [4.69, 9.17) is 0 Å². The van der Waals surface area contributed by atoms with Crippen molar-refractivity contribution >= 4 is 0 Å². The van der Waals surface area contributed by atoms with E-state index in [0.29, 0.717) is 6.04 Å². The predicted molar refractivity (Wildman–Crippen MR) is 68.7 cm³/mol. The molecule has 0 radical (unpaired) electrons. The third kappa shape index (κ3) is 5.28. The summed E-state index contributed by atoms with van der Waals surface area (Å²) in [4.78, 5) is 2.39. The molecule has 0 bridgehead atoms. The number of nitrogens with zero attached hydrogens (tertiary/aromatic N) is 1. The topological polar surface area (TPSA) is 35.5 Å². The maximum absolute atomic E-state index is 10.1. The van der Waals surface area contributed by atoms with E-state index in [1.807, 2.05) is 6.92 Å². The molecule has 1 aliphatic rings. The van der Waals surface area contributed by atoms with E-state index in [1.54, 1.807) is 0 Å². The zero-order valence-corrected chi connectivity index (χ0v) is 11.1. The monoisotopic (exact) mass is 228 g/mol. The fraction of sp³-hybridized carbons (Fsp3) is 1.00. The Bertz CT molecular complexity index is 194. The lowest BCUT2D eigenvalue weighted by molar-refractivity contribution is 0.0466. The molecular weight excluding hydrogens is 200 g/mol. The number of likely N-dealkylation sites (tertiary alicyclic amines) is 1. The van der Waals surface area contributed by atoms with E-state index in [2.05, 4.69) is 24.2 Å². The fourth-order valence-corrected chi connectivity index (χ4v) is 2.44. The van der Waals surface area contributed by atoms with Crippen LogP contribution in [0.3, 0.4) is 0 Å². The van der Waals surface area contributed by atoms with Gasteiger partial charge in [-0.05, 0) is 52.7 Å². The first-order valence-electron chi connectivity index (χ1n) is 6.68. The van der Waals surface area contributed by atoms with E-state index >= 15 is 0 Å². The summed E-state index contributed by atoms with van der Waals surface area (Å²) in [7, 11) is 2.19. The fourth-order valence-electron chi connectivity index (χ4n) is 2.44. The summed E-state index contributed by atoms with van der Waals surface area (Å²) >= 11 is 0. The van der Waals surface area contributed by atoms with Gasteiger partial charge in [0.25, 0.3) is 0 Å². The van der Waals surface area contributed by atoms with Gasteiger partial charge in [0.2, 0.25) is 0 Å². The molecule has 0 spiro atoms. The Morgan fingerprint density at radius 1 is 1.38 bits per heavy atom. The Balaban J connectivity index is 2.26. The van der Waals surface area contributed by atoms with Crippen LogP contribution in [0, 0.1) is 0 Å². The average molecular weight is 228 g/mol. The normalized spacial score (nSPS) is 27.4. The van der Waals surface area contributed by atoms with Crippen molar-refractivity contribution in [2.45, 2.75) is 57.6 Å². The van der Waals surface area contributed by atoms with E-state index in [1.165, 1.54) is 32.4 Å². The molecule has 2 atom stereocenters. The first-order valence-corrected chi connectivity index (χ1v) is 6.68. The molecule has 96 valence electrons. The van der Waals surface area contributed by atoms with Crippen LogP contribution in [0.15, 0.2) is 0 Å². The minimum atomic E-state index is -0.535. The number of rotatable bonds is 5. The smallest absolute Gasteiger partial charge is 0.0743 e. The highest BCUT2D eigenvalue weighted by atomic mass is 16.3. The number of hydrogen-bond donors (Lipinski definition) is 2. The molecular formula is C13H28N2O. The number of nitrogens with one attached hydrogen (secondary N) is 1. The van der Waals surface area contributed by atoms with Crippen LogP contribution in [-0.4, -0.2) is 48.3 Å². The molecule has 0 aliphatic carbocycles. The summed E-state index contributed by atoms with van der Waals surface area (Å²) in [5.41, 5.74) is -0.535. The first kappa shape index (κ1) is 13.9. The highest BCUT2D eigenvalue weighted by molar-refractivity contribution is 4.80. The van der Waals surface area contributed by atoms with Gasteiger partial charge in [-0.3, -0.25) is 0 Å². The van der Waals surface area contributed by atoms with Gasteiger partial charge in [0.1, 0.15) is 0 Å². The molecule has 1 heterocycles. The van der Waals surface area contributed by atoms with Gasteiger partial charge in [-0.25, -0.2) is 0 Å². The quantitative estimate of drug-likeness (QED) is 0.750. The van der Waals surface area contributed by atoms with Gasteiger partial charge in [-0.15, -0.1) is 0 Å². The molecule has 0 amide bonds. The zero-order chi connectivity index (χ0) is 12.0. The molecule has 0 saturated carbocycles. The summed E-state index contributed by atoms with van der Waals surface area (Å²) in [6.07, 6.45) is 5.64. The van der Waals surface area contributed by atoms with Crippen molar-refractivity contribution in [3.8, 4) is 0 Å². The van der Waals surface area contributed by atoms with Crippen molar-refractivity contribution in [1.29, 1.82) is 0 Å². The van der Waals surface area contributed by atoms with Crippen molar-refractivity contribution in [2.24, 2.45) is 0 Å². The average Bonchev–Trinajstić information content (AvgIpc) is 2.40. The summed E-state index contributed by atoms with van der Waals surface area (Å²) in [6, 6.07) is 0.591. The Morgan fingerprint density at radius 3 is 2.81 bits per heavy atom. The SMILES string of the molecule is CCCC(C)(O)CNC1CCCN(C)CC1. The Hall–Kier alpha value is -0.120.